The molecule has 0 radical (unpaired) electrons. The van der Waals surface area contributed by atoms with Gasteiger partial charge in [-0.2, -0.15) is 0 Å². The van der Waals surface area contributed by atoms with Crippen molar-refractivity contribution in [3.8, 4) is 0 Å². The van der Waals surface area contributed by atoms with Gasteiger partial charge in [-0.15, -0.1) is 0 Å². The van der Waals surface area contributed by atoms with Crippen molar-refractivity contribution in [3.05, 3.63) is 23.8 Å². The summed E-state index contributed by atoms with van der Waals surface area (Å²) in [6.07, 6.45) is 1.37. The minimum Gasteiger partial charge on any atom is -0.479 e. The number of aliphatic hydroxyl groups excluding tert-OH is 3. The number of carboxylic acid groups (broad SMARTS) is 1. The van der Waals surface area contributed by atoms with Crippen molar-refractivity contribution in [1.29, 1.82) is 0 Å². The fraction of sp³-hybridized carbons (Fsp3) is 0.750. The fourth-order valence-electron chi connectivity index (χ4n) is 8.17. The van der Waals surface area contributed by atoms with E-state index in [0.29, 0.717) is 18.8 Å². The Labute approximate surface area is 221 Å². The Bertz CT molecular complexity index is 1070. The first-order valence-corrected chi connectivity index (χ1v) is 13.6. The molecule has 38 heavy (non-hydrogen) atoms. The highest BCUT2D eigenvalue weighted by Gasteiger charge is 2.63. The summed E-state index contributed by atoms with van der Waals surface area (Å²) in [5, 5.41) is 50.9. The lowest BCUT2D eigenvalue weighted by molar-refractivity contribution is -0.286. The summed E-state index contributed by atoms with van der Waals surface area (Å²) in [5.41, 5.74) is -0.465. The lowest BCUT2D eigenvalue weighted by atomic mass is 9.48. The highest BCUT2D eigenvalue weighted by atomic mass is 16.7. The second-order valence-electron chi connectivity index (χ2n) is 12.4. The Morgan fingerprint density at radius 1 is 1.05 bits per heavy atom. The van der Waals surface area contributed by atoms with Crippen LogP contribution in [0.15, 0.2) is 23.8 Å². The van der Waals surface area contributed by atoms with Crippen molar-refractivity contribution < 1.29 is 49.4 Å². The maximum Gasteiger partial charge on any atom is 0.335 e. The van der Waals surface area contributed by atoms with Gasteiger partial charge >= 0.3 is 11.9 Å². The summed E-state index contributed by atoms with van der Waals surface area (Å²) in [5.74, 6) is -1.29. The Morgan fingerprint density at radius 2 is 1.76 bits per heavy atom. The van der Waals surface area contributed by atoms with Gasteiger partial charge in [0.1, 0.15) is 18.3 Å². The predicted octanol–water partition coefficient (Wildman–Crippen LogP) is 1.24. The largest absolute Gasteiger partial charge is 0.479 e. The molecule has 5 N–H and O–H groups in total. The summed E-state index contributed by atoms with van der Waals surface area (Å²) in [6.45, 7) is 4.36. The summed E-state index contributed by atoms with van der Waals surface area (Å²) >= 11 is 0. The first-order chi connectivity index (χ1) is 17.8. The number of esters is 1. The first kappa shape index (κ1) is 27.5. The number of carboxylic acids is 1. The van der Waals surface area contributed by atoms with Crippen LogP contribution in [-0.2, 0) is 23.9 Å². The van der Waals surface area contributed by atoms with E-state index in [0.717, 1.165) is 31.3 Å². The fourth-order valence-corrected chi connectivity index (χ4v) is 8.17. The third kappa shape index (κ3) is 4.16. The van der Waals surface area contributed by atoms with Crippen molar-refractivity contribution in [2.45, 2.75) is 102 Å². The molecule has 0 spiro atoms. The van der Waals surface area contributed by atoms with Crippen LogP contribution in [0.3, 0.4) is 0 Å². The van der Waals surface area contributed by atoms with Gasteiger partial charge in [0.15, 0.2) is 11.9 Å². The minimum atomic E-state index is -1.87. The van der Waals surface area contributed by atoms with Gasteiger partial charge in [-0.3, -0.25) is 9.59 Å². The van der Waals surface area contributed by atoms with E-state index >= 15 is 0 Å². The minimum absolute atomic E-state index is 0.0496. The van der Waals surface area contributed by atoms with Gasteiger partial charge in [-0.25, -0.2) is 4.79 Å². The normalized spacial score (nSPS) is 47.9. The summed E-state index contributed by atoms with van der Waals surface area (Å²) in [6, 6.07) is 0. The number of aliphatic hydroxyl groups is 4. The molecule has 10 nitrogen and oxygen atoms in total. The molecule has 10 heteroatoms. The number of aliphatic carboxylic acids is 1. The zero-order valence-electron chi connectivity index (χ0n) is 21.8. The summed E-state index contributed by atoms with van der Waals surface area (Å²) in [4.78, 5) is 36.0. The number of allylic oxidation sites excluding steroid dienone is 4. The molecule has 0 amide bonds. The van der Waals surface area contributed by atoms with Gasteiger partial charge in [0.05, 0.1) is 5.60 Å². The molecule has 4 aliphatic carbocycles. The standard InChI is InChI=1S/C28H38O10/c1-26-9-5-15(29)13-14(26)3-4-16-17(26)6-10-27(2)18(16)7-11-28(27,36)12-8-19(30)37-25-22(33)20(31)21(32)23(38-25)24(34)35/h3-4,13,16-18,20-23,25,31-33,36H,5-12H2,1-2H3,(H,34,35)/t16-,17+,18+,20-,21+,22+,23+,25+,26+,27+,28-/m0/s1. The lowest BCUT2D eigenvalue weighted by Gasteiger charge is -2.57. The van der Waals surface area contributed by atoms with E-state index in [9.17, 15) is 39.9 Å². The number of hydrogen-bond donors (Lipinski definition) is 5. The molecule has 0 unspecified atom stereocenters. The maximum absolute atomic E-state index is 12.7. The van der Waals surface area contributed by atoms with Crippen LogP contribution in [0.2, 0.25) is 0 Å². The van der Waals surface area contributed by atoms with Gasteiger partial charge in [-0.1, -0.05) is 26.0 Å². The van der Waals surface area contributed by atoms with Crippen LogP contribution in [0.5, 0.6) is 0 Å². The molecule has 2 saturated carbocycles. The highest BCUT2D eigenvalue weighted by Crippen LogP contribution is 2.66. The van der Waals surface area contributed by atoms with Crippen molar-refractivity contribution in [3.63, 3.8) is 0 Å². The highest BCUT2D eigenvalue weighted by molar-refractivity contribution is 5.92. The number of rotatable bonds is 5. The van der Waals surface area contributed by atoms with Gasteiger partial charge in [0, 0.05) is 12.8 Å². The number of hydrogen-bond acceptors (Lipinski definition) is 9. The van der Waals surface area contributed by atoms with Crippen molar-refractivity contribution >= 4 is 17.7 Å². The monoisotopic (exact) mass is 534 g/mol. The SMILES string of the molecule is C[C@@]12CCC(=O)C=C1C=C[C@H]1[C@H]2CC[C@]2(C)[C@@H]1CC[C@]2(O)CCC(=O)O[C@@H]1O[C@@H](C(=O)O)[C@H](O)[C@H](O)[C@H]1O. The molecule has 0 aromatic carbocycles. The molecule has 210 valence electrons. The predicted molar refractivity (Wildman–Crippen MR) is 131 cm³/mol. The van der Waals surface area contributed by atoms with Crippen LogP contribution >= 0.6 is 0 Å². The van der Waals surface area contributed by atoms with Gasteiger partial charge in [0.2, 0.25) is 6.29 Å². The van der Waals surface area contributed by atoms with Crippen LogP contribution in [0.1, 0.15) is 65.2 Å². The van der Waals surface area contributed by atoms with E-state index in [1.165, 1.54) is 0 Å². The molecule has 5 aliphatic rings. The summed E-state index contributed by atoms with van der Waals surface area (Å²) in [7, 11) is 0. The van der Waals surface area contributed by atoms with E-state index in [1.807, 2.05) is 0 Å². The lowest BCUT2D eigenvalue weighted by Crippen LogP contribution is -2.60. The molecule has 0 bridgehead atoms. The van der Waals surface area contributed by atoms with E-state index in [1.54, 1.807) is 6.08 Å². The Morgan fingerprint density at radius 3 is 2.47 bits per heavy atom. The van der Waals surface area contributed by atoms with Crippen LogP contribution in [-0.4, -0.2) is 79.6 Å². The van der Waals surface area contributed by atoms with Crippen molar-refractivity contribution in [2.24, 2.45) is 28.6 Å². The molecule has 11 atom stereocenters. The Balaban J connectivity index is 1.26. The zero-order valence-corrected chi connectivity index (χ0v) is 21.8. The number of carbonyl (C=O) groups is 3. The molecule has 1 saturated heterocycles. The molecule has 5 rings (SSSR count). The van der Waals surface area contributed by atoms with E-state index in [2.05, 4.69) is 26.0 Å². The molecule has 0 aromatic rings. The molecule has 1 heterocycles. The molecular weight excluding hydrogens is 496 g/mol. The van der Waals surface area contributed by atoms with Gasteiger partial charge in [-0.05, 0) is 78.8 Å². The third-order valence-corrected chi connectivity index (χ3v) is 10.6. The number of fused-ring (bicyclic) bond motifs is 5. The van der Waals surface area contributed by atoms with Crippen LogP contribution in [0.4, 0.5) is 0 Å². The number of ether oxygens (including phenoxy) is 2. The quantitative estimate of drug-likeness (QED) is 0.323. The van der Waals surface area contributed by atoms with Crippen molar-refractivity contribution in [2.75, 3.05) is 0 Å². The Hall–Kier alpha value is -2.11. The van der Waals surface area contributed by atoms with E-state index < -0.39 is 53.7 Å². The zero-order chi connectivity index (χ0) is 27.6. The van der Waals surface area contributed by atoms with Gasteiger partial charge in [0.25, 0.3) is 0 Å². The van der Waals surface area contributed by atoms with Gasteiger partial charge < -0.3 is 35.0 Å². The Kier molecular flexibility index (Phi) is 6.88. The summed E-state index contributed by atoms with van der Waals surface area (Å²) < 4.78 is 10.2. The van der Waals surface area contributed by atoms with Crippen molar-refractivity contribution in [1.82, 2.24) is 0 Å². The molecule has 0 aromatic heterocycles. The smallest absolute Gasteiger partial charge is 0.335 e. The molecular formula is C28H38O10. The van der Waals surface area contributed by atoms with Crippen LogP contribution in [0, 0.1) is 28.6 Å². The average Bonchev–Trinajstić information content (AvgIpc) is 3.14. The topological polar surface area (TPSA) is 171 Å². The average molecular weight is 535 g/mol. The second-order valence-corrected chi connectivity index (χ2v) is 12.4. The maximum atomic E-state index is 12.7. The molecule has 3 fully saturated rings. The van der Waals surface area contributed by atoms with Crippen LogP contribution in [0.25, 0.3) is 0 Å². The van der Waals surface area contributed by atoms with E-state index in [4.69, 9.17) is 9.47 Å². The third-order valence-electron chi connectivity index (χ3n) is 10.6. The van der Waals surface area contributed by atoms with Crippen LogP contribution < -0.4 is 0 Å². The number of carbonyl (C=O) groups excluding carboxylic acids is 2. The van der Waals surface area contributed by atoms with E-state index in [-0.39, 0.29) is 35.9 Å². The first-order valence-electron chi connectivity index (χ1n) is 13.6. The molecule has 1 aliphatic heterocycles. The second kappa shape index (κ2) is 9.52. The number of ketones is 1.